The topological polar surface area (TPSA) is 288 Å². The minimum absolute atomic E-state index is 0.00296. The lowest BCUT2D eigenvalue weighted by Gasteiger charge is -2.46. The van der Waals surface area contributed by atoms with Crippen LogP contribution in [0.1, 0.15) is 175 Å². The van der Waals surface area contributed by atoms with E-state index in [9.17, 15) is 55.1 Å². The molecule has 7 fully saturated rings. The number of fused-ring (bicyclic) bond motifs is 3. The minimum Gasteiger partial charge on any atom is -0.377 e. The molecule has 5 saturated carbocycles. The zero-order chi connectivity index (χ0) is 78.9. The Morgan fingerprint density at radius 2 is 1.26 bits per heavy atom. The van der Waals surface area contributed by atoms with Crippen LogP contribution in [-0.2, 0) is 62.3 Å². The molecule has 5 aliphatic carbocycles. The molecule has 12 atom stereocenters. The summed E-state index contributed by atoms with van der Waals surface area (Å²) in [5, 5.41) is 11.0. The second-order valence-electron chi connectivity index (χ2n) is 31.7. The van der Waals surface area contributed by atoms with E-state index < -0.39 is 230 Å². The van der Waals surface area contributed by atoms with Crippen LogP contribution in [0.4, 0.5) is 35.1 Å². The van der Waals surface area contributed by atoms with Crippen molar-refractivity contribution in [1.82, 2.24) is 60.5 Å². The second-order valence-corrected chi connectivity index (χ2v) is 31.7. The third-order valence-electron chi connectivity index (χ3n) is 24.1. The van der Waals surface area contributed by atoms with Gasteiger partial charge in [-0.25, -0.2) is 8.78 Å². The number of hydrogen-bond donors (Lipinski definition) is 4. The summed E-state index contributed by atoms with van der Waals surface area (Å²) in [5.74, 6) is -16.8. The summed E-state index contributed by atoms with van der Waals surface area (Å²) in [6.45, 7) is 3.18. The van der Waals surface area contributed by atoms with Crippen LogP contribution >= 0.6 is 0 Å². The van der Waals surface area contributed by atoms with E-state index in [1.807, 2.05) is 0 Å². The van der Waals surface area contributed by atoms with Crippen molar-refractivity contribution >= 4 is 70.9 Å². The van der Waals surface area contributed by atoms with Crippen LogP contribution in [0.3, 0.4) is 0 Å². The fourth-order valence-electron chi connectivity index (χ4n) is 17.0. The number of alkyl halides is 8. The molecular weight excluding hydrogens is 1420 g/mol. The molecule has 0 aromatic rings. The fraction of sp³-hybridized carbons (Fsp3) is 0.811. The second kappa shape index (κ2) is 36.5. The number of nitrogens with one attached hydrogen (secondary N) is 4. The number of nitrogens with zero attached hydrogens (tertiary/aromatic N) is 8. The summed E-state index contributed by atoms with van der Waals surface area (Å²) in [5.41, 5.74) is -1.69. The molecule has 3 heterocycles. The lowest BCUT2D eigenvalue weighted by Crippen LogP contribution is -2.68. The highest BCUT2D eigenvalue weighted by Gasteiger charge is 2.56. The van der Waals surface area contributed by atoms with Gasteiger partial charge in [-0.1, -0.05) is 58.1 Å². The number of ether oxygens (including phenoxy) is 1. The highest BCUT2D eigenvalue weighted by molar-refractivity contribution is 6.01. The van der Waals surface area contributed by atoms with Crippen LogP contribution < -0.4 is 21.3 Å². The van der Waals surface area contributed by atoms with Gasteiger partial charge in [0.15, 0.2) is 0 Å². The van der Waals surface area contributed by atoms with Gasteiger partial charge in [-0.2, -0.15) is 26.3 Å². The Hall–Kier alpha value is -7.22. The highest BCUT2D eigenvalue weighted by atomic mass is 19.4. The molecule has 2 bridgehead atoms. The monoisotopic (exact) mass is 1530 g/mol. The summed E-state index contributed by atoms with van der Waals surface area (Å²) in [4.78, 5) is 189. The SMILES string of the molecule is CCO[C@@H]1C[C@H]2C(=O)NC3(CCC3)C(=O)N(C)[C@@H](C3CCCC3)C(=O)N(C)[C@H](C(=O)N(C)C)CC(=O)N(C)[C@@H](CC3CC3)C(=O)N[C@@H]([C@@H](C)CC)C(=O)NCC(=O)N(C)[C@H]3C/C=C\CCN(C3=O)[C@@H](CC3CCC(C(F)(F)F)CC3)C(=O)N(C)CC(=O)N[C@@H](CCC3CC(F)C(C(F)(F)F)C(F)C3)C(=O)N2C1. The average molecular weight is 1530 g/mol. The molecule has 0 aromatic heterocycles. The normalized spacial score (nSPS) is 32.7. The highest BCUT2D eigenvalue weighted by Crippen LogP contribution is 2.46. The van der Waals surface area contributed by atoms with Gasteiger partial charge in [0, 0.05) is 75.5 Å². The van der Waals surface area contributed by atoms with Crippen LogP contribution in [0, 0.1) is 41.4 Å². The van der Waals surface area contributed by atoms with Crippen molar-refractivity contribution < 1.29 is 97.4 Å². The van der Waals surface area contributed by atoms with E-state index in [4.69, 9.17) is 4.74 Å². The van der Waals surface area contributed by atoms with E-state index in [-0.39, 0.29) is 103 Å². The van der Waals surface area contributed by atoms with Crippen molar-refractivity contribution in [2.45, 2.75) is 260 Å². The molecular formula is C74H112F8N12O13. The summed E-state index contributed by atoms with van der Waals surface area (Å²) in [7, 11) is 9.56. The maximum absolute atomic E-state index is 15.5. The molecule has 2 unspecified atom stereocenters. The number of halogens is 8. The van der Waals surface area contributed by atoms with Crippen molar-refractivity contribution in [1.29, 1.82) is 0 Å². The molecule has 2 saturated heterocycles. The third-order valence-corrected chi connectivity index (χ3v) is 24.1. The first-order valence-electron chi connectivity index (χ1n) is 38.3. The van der Waals surface area contributed by atoms with E-state index in [1.165, 1.54) is 68.9 Å². The number of rotatable bonds is 13. The number of carbonyl (C=O) groups excluding carboxylic acids is 12. The summed E-state index contributed by atoms with van der Waals surface area (Å²) in [6.07, 6.45) is -11.6. The molecule has 25 nitrogen and oxygen atoms in total. The van der Waals surface area contributed by atoms with E-state index in [0.717, 1.165) is 32.4 Å². The van der Waals surface area contributed by atoms with Gasteiger partial charge in [0.25, 0.3) is 0 Å². The maximum atomic E-state index is 15.5. The molecule has 107 heavy (non-hydrogen) atoms. The molecule has 3 aliphatic heterocycles. The first-order valence-corrected chi connectivity index (χ1v) is 38.3. The van der Waals surface area contributed by atoms with Gasteiger partial charge in [-0.15, -0.1) is 0 Å². The third kappa shape index (κ3) is 20.8. The van der Waals surface area contributed by atoms with Gasteiger partial charge in [0.2, 0.25) is 70.9 Å². The summed E-state index contributed by atoms with van der Waals surface area (Å²) in [6, 6.07) is -11.3. The Bertz CT molecular complexity index is 3220. The molecule has 0 aromatic carbocycles. The molecule has 1 spiro atoms. The van der Waals surface area contributed by atoms with Crippen LogP contribution in [0.15, 0.2) is 12.2 Å². The van der Waals surface area contributed by atoms with Crippen molar-refractivity contribution in [2.24, 2.45) is 41.4 Å². The van der Waals surface area contributed by atoms with Crippen molar-refractivity contribution in [3.63, 3.8) is 0 Å². The van der Waals surface area contributed by atoms with Crippen molar-refractivity contribution in [3.8, 4) is 0 Å². The average Bonchev–Trinajstić information content (AvgIpc) is 1.61. The Morgan fingerprint density at radius 1 is 0.645 bits per heavy atom. The Labute approximate surface area is 621 Å². The fourth-order valence-corrected chi connectivity index (χ4v) is 17.0. The first-order chi connectivity index (χ1) is 50.3. The zero-order valence-electron chi connectivity index (χ0n) is 63.5. The van der Waals surface area contributed by atoms with Crippen molar-refractivity contribution in [2.75, 3.05) is 82.1 Å². The largest absolute Gasteiger partial charge is 0.397 e. The van der Waals surface area contributed by atoms with Crippen LogP contribution in [-0.4, -0.2) is 277 Å². The Morgan fingerprint density at radius 3 is 1.82 bits per heavy atom. The van der Waals surface area contributed by atoms with Crippen LogP contribution in [0.25, 0.3) is 0 Å². The van der Waals surface area contributed by atoms with E-state index in [2.05, 4.69) is 21.3 Å². The summed E-state index contributed by atoms with van der Waals surface area (Å²) < 4.78 is 121. The number of likely N-dealkylation sites (N-methyl/N-ethyl adjacent to an activating group) is 6. The Kier molecular flexibility index (Phi) is 29.2. The molecule has 4 N–H and O–H groups in total. The molecule has 602 valence electrons. The van der Waals surface area contributed by atoms with Crippen LogP contribution in [0.2, 0.25) is 0 Å². The maximum Gasteiger partial charge on any atom is 0.397 e. The minimum atomic E-state index is -5.22. The van der Waals surface area contributed by atoms with Gasteiger partial charge >= 0.3 is 12.4 Å². The zero-order valence-corrected chi connectivity index (χ0v) is 63.5. The number of carbonyl (C=O) groups is 12. The predicted octanol–water partition coefficient (Wildman–Crippen LogP) is 5.76. The number of hydrogen-bond acceptors (Lipinski definition) is 13. The quantitative estimate of drug-likeness (QED) is 0.126. The van der Waals surface area contributed by atoms with Gasteiger partial charge in [0.1, 0.15) is 72.1 Å². The lowest BCUT2D eigenvalue weighted by molar-refractivity contribution is -0.219. The van der Waals surface area contributed by atoms with Crippen molar-refractivity contribution in [3.05, 3.63) is 12.2 Å². The molecule has 0 radical (unpaired) electrons. The first kappa shape index (κ1) is 85.4. The van der Waals surface area contributed by atoms with E-state index >= 15 is 37.5 Å². The summed E-state index contributed by atoms with van der Waals surface area (Å²) >= 11 is 0. The van der Waals surface area contributed by atoms with Gasteiger partial charge in [-0.3, -0.25) is 57.5 Å². The lowest BCUT2D eigenvalue weighted by atomic mass is 9.74. The molecule has 8 aliphatic rings. The smallest absolute Gasteiger partial charge is 0.377 e. The van der Waals surface area contributed by atoms with Gasteiger partial charge in [-0.05, 0) is 146 Å². The Balaban J connectivity index is 1.19. The molecule has 8 rings (SSSR count). The molecule has 12 amide bonds. The predicted molar refractivity (Wildman–Crippen MR) is 374 cm³/mol. The van der Waals surface area contributed by atoms with E-state index in [1.54, 1.807) is 32.9 Å². The van der Waals surface area contributed by atoms with E-state index in [0.29, 0.717) is 38.5 Å². The molecule has 33 heteroatoms. The number of amides is 12. The van der Waals surface area contributed by atoms with Gasteiger partial charge in [0.05, 0.1) is 31.5 Å². The van der Waals surface area contributed by atoms with Crippen LogP contribution in [0.5, 0.6) is 0 Å². The van der Waals surface area contributed by atoms with Gasteiger partial charge < -0.3 is 65.2 Å². The standard InChI is InChI=1S/C74H112F8N12O13/c1-11-42(3)61-65(100)83-39-59(97)89(7)52-21-14-13-17-32-93(69(52)104)56(36-44-24-27-47(28-25-44)73(77,78)79)68(103)88(6)41-57(95)84-51(29-26-45-33-49(75)60(50(76)34-45)74(80,81)82)66(101)94-40-48(107-12-2)37-54(94)64(99)86-72(30-18-31-72)71(106)92(10)62(46-19-15-16-20-46)70(105)91(9)55(67(102)87(4)5)38-58(96)90(8)53(63(98)85-61)35-43-22-23-43/h13-14,42-56,60-62H,11-12,15-41H2,1-10H3,(H,83,100)(H,84,95)(H,85,98)(H,86,99)/b14-13-/t42-,44?,45?,47?,48+,49?,50?,51-,52-,53-,54-,55-,56-,60?,61-,62-/m0/s1.